The van der Waals surface area contributed by atoms with Gasteiger partial charge >= 0.3 is 5.97 Å². The van der Waals surface area contributed by atoms with Crippen molar-refractivity contribution >= 4 is 28.0 Å². The van der Waals surface area contributed by atoms with Crippen LogP contribution in [-0.4, -0.2) is 53.8 Å². The van der Waals surface area contributed by atoms with Gasteiger partial charge in [0.25, 0.3) is 0 Å². The molecular weight excluding hydrogens is 594 g/mol. The van der Waals surface area contributed by atoms with E-state index in [1.54, 1.807) is 35.0 Å². The van der Waals surface area contributed by atoms with E-state index in [9.17, 15) is 9.90 Å². The highest BCUT2D eigenvalue weighted by Gasteiger charge is 2.39. The summed E-state index contributed by atoms with van der Waals surface area (Å²) in [6.45, 7) is 5.20. The number of aryl methyl sites for hydroxylation is 1. The molecule has 6 aromatic rings. The van der Waals surface area contributed by atoms with Gasteiger partial charge in [0.1, 0.15) is 29.6 Å². The van der Waals surface area contributed by atoms with Crippen molar-refractivity contribution in [2.24, 2.45) is 12.5 Å². The molecule has 1 saturated heterocycles. The monoisotopic (exact) mass is 624 g/mol. The molecule has 46 heavy (non-hydrogen) atoms. The van der Waals surface area contributed by atoms with Crippen molar-refractivity contribution in [2.75, 3.05) is 13.2 Å². The van der Waals surface area contributed by atoms with Gasteiger partial charge in [-0.1, -0.05) is 31.2 Å². The fraction of sp³-hybridized carbons (Fsp3) is 0.265. The largest absolute Gasteiger partial charge is 0.478 e. The number of carboxylic acids is 1. The fourth-order valence-electron chi connectivity index (χ4n) is 6.00. The number of carboxylic acid groups (broad SMARTS) is 1. The van der Waals surface area contributed by atoms with Crippen LogP contribution in [0.3, 0.4) is 0 Å². The van der Waals surface area contributed by atoms with Gasteiger partial charge in [0.2, 0.25) is 5.88 Å². The van der Waals surface area contributed by atoms with E-state index in [0.717, 1.165) is 22.7 Å². The Morgan fingerprint density at radius 2 is 1.87 bits per heavy atom. The van der Waals surface area contributed by atoms with E-state index in [2.05, 4.69) is 29.1 Å². The van der Waals surface area contributed by atoms with E-state index in [4.69, 9.17) is 14.5 Å². The highest BCUT2D eigenvalue weighted by atomic mass is 19.1. The number of nitrogens with zero attached hydrogens (tertiary/aromatic N) is 6. The zero-order valence-corrected chi connectivity index (χ0v) is 25.4. The van der Waals surface area contributed by atoms with Crippen LogP contribution in [0.4, 0.5) is 8.78 Å². The number of imidazole rings is 1. The van der Waals surface area contributed by atoms with Gasteiger partial charge in [0, 0.05) is 30.5 Å². The first kappa shape index (κ1) is 29.5. The van der Waals surface area contributed by atoms with Crippen LogP contribution in [0.15, 0.2) is 66.7 Å². The predicted molar refractivity (Wildman–Crippen MR) is 166 cm³/mol. The van der Waals surface area contributed by atoms with Crippen molar-refractivity contribution in [3.05, 3.63) is 101 Å². The standard InChI is InChI=1S/C34H30F2N6O4/c1-34(2)18-45-17-30(34)42-29-13-20(33(43)44)8-9-26(29)37-31(42)14-21-12-24(36)22(15-23(21)35)25-5-4-6-32(38-25)46-16-19-7-10-28-27(11-19)39-40-41(28)3/h4-13,15,30H,14,16-18H2,1-3H3,(H,43,44). The summed E-state index contributed by atoms with van der Waals surface area (Å²) in [6.07, 6.45) is -0.0145. The normalized spacial score (nSPS) is 16.0. The number of carbonyl (C=O) groups is 1. The SMILES string of the molecule is Cn1nnc2cc(COc3cccc(-c4cc(F)c(Cc5nc6ccc(C(=O)O)cc6n5C5COCC5(C)C)cc4F)n3)ccc21. The van der Waals surface area contributed by atoms with Gasteiger partial charge in [-0.3, -0.25) is 0 Å². The molecule has 4 heterocycles. The van der Waals surface area contributed by atoms with E-state index < -0.39 is 17.6 Å². The molecule has 7 rings (SSSR count). The summed E-state index contributed by atoms with van der Waals surface area (Å²) in [7, 11) is 1.82. The van der Waals surface area contributed by atoms with Crippen LogP contribution in [0, 0.1) is 17.0 Å². The molecule has 0 aliphatic carbocycles. The van der Waals surface area contributed by atoms with Gasteiger partial charge in [0.15, 0.2) is 0 Å². The van der Waals surface area contributed by atoms with E-state index in [0.29, 0.717) is 30.1 Å². The van der Waals surface area contributed by atoms with Crippen LogP contribution in [0.2, 0.25) is 0 Å². The van der Waals surface area contributed by atoms with Crippen molar-refractivity contribution in [1.29, 1.82) is 0 Å². The zero-order chi connectivity index (χ0) is 32.2. The number of fused-ring (bicyclic) bond motifs is 2. The minimum Gasteiger partial charge on any atom is -0.478 e. The van der Waals surface area contributed by atoms with Crippen molar-refractivity contribution in [3.8, 4) is 17.1 Å². The maximum atomic E-state index is 15.7. The number of rotatable bonds is 8. The van der Waals surface area contributed by atoms with E-state index in [-0.39, 0.29) is 52.7 Å². The Morgan fingerprint density at radius 3 is 2.65 bits per heavy atom. The summed E-state index contributed by atoms with van der Waals surface area (Å²) in [6, 6.07) is 17.4. The molecule has 3 aromatic carbocycles. The number of halogens is 2. The molecule has 0 spiro atoms. The first-order chi connectivity index (χ1) is 22.1. The smallest absolute Gasteiger partial charge is 0.335 e. The second kappa shape index (κ2) is 11.3. The maximum absolute atomic E-state index is 15.7. The summed E-state index contributed by atoms with van der Waals surface area (Å²) < 4.78 is 46.6. The number of benzene rings is 3. The van der Waals surface area contributed by atoms with Crippen molar-refractivity contribution in [1.82, 2.24) is 29.5 Å². The molecule has 1 aliphatic heterocycles. The van der Waals surface area contributed by atoms with Crippen LogP contribution in [0.5, 0.6) is 5.88 Å². The number of ether oxygens (including phenoxy) is 2. The number of hydrogen-bond acceptors (Lipinski definition) is 7. The number of hydrogen-bond donors (Lipinski definition) is 1. The molecule has 0 amide bonds. The van der Waals surface area contributed by atoms with Crippen LogP contribution in [-0.2, 0) is 24.8 Å². The molecule has 1 atom stereocenters. The fourth-order valence-corrected chi connectivity index (χ4v) is 6.00. The minimum absolute atomic E-state index is 0.00221. The summed E-state index contributed by atoms with van der Waals surface area (Å²) in [5.74, 6) is -1.58. The third-order valence-corrected chi connectivity index (χ3v) is 8.52. The maximum Gasteiger partial charge on any atom is 0.335 e. The second-order valence-electron chi connectivity index (χ2n) is 12.2. The van der Waals surface area contributed by atoms with Crippen molar-refractivity contribution < 1.29 is 28.2 Å². The predicted octanol–water partition coefficient (Wildman–Crippen LogP) is 6.12. The Labute approximate surface area is 262 Å². The lowest BCUT2D eigenvalue weighted by atomic mass is 9.87. The van der Waals surface area contributed by atoms with Gasteiger partial charge in [-0.2, -0.15) is 0 Å². The topological polar surface area (TPSA) is 117 Å². The highest BCUT2D eigenvalue weighted by Crippen LogP contribution is 2.40. The summed E-state index contributed by atoms with van der Waals surface area (Å²) in [5.41, 5.74) is 3.82. The first-order valence-corrected chi connectivity index (χ1v) is 14.8. The summed E-state index contributed by atoms with van der Waals surface area (Å²) >= 11 is 0. The first-order valence-electron chi connectivity index (χ1n) is 14.8. The lowest BCUT2D eigenvalue weighted by molar-refractivity contribution is 0.0697. The lowest BCUT2D eigenvalue weighted by Gasteiger charge is -2.28. The van der Waals surface area contributed by atoms with Crippen LogP contribution >= 0.6 is 0 Å². The minimum atomic E-state index is -1.06. The van der Waals surface area contributed by atoms with Gasteiger partial charge in [-0.05, 0) is 59.7 Å². The molecule has 1 fully saturated rings. The summed E-state index contributed by atoms with van der Waals surface area (Å²) in [5, 5.41) is 17.7. The van der Waals surface area contributed by atoms with Gasteiger partial charge in [-0.25, -0.2) is 28.2 Å². The van der Waals surface area contributed by atoms with E-state index in [1.165, 1.54) is 12.1 Å². The Balaban J connectivity index is 1.17. The zero-order valence-electron chi connectivity index (χ0n) is 25.4. The average Bonchev–Trinajstić information content (AvgIpc) is 3.70. The van der Waals surface area contributed by atoms with Gasteiger partial charge in [-0.15, -0.1) is 5.10 Å². The molecule has 12 heteroatoms. The third-order valence-electron chi connectivity index (χ3n) is 8.52. The Morgan fingerprint density at radius 1 is 1.02 bits per heavy atom. The van der Waals surface area contributed by atoms with Crippen molar-refractivity contribution in [2.45, 2.75) is 32.9 Å². The molecule has 0 saturated carbocycles. The molecule has 0 bridgehead atoms. The molecular formula is C34H30F2N6O4. The van der Waals surface area contributed by atoms with Crippen LogP contribution in [0.25, 0.3) is 33.3 Å². The summed E-state index contributed by atoms with van der Waals surface area (Å²) in [4.78, 5) is 20.9. The van der Waals surface area contributed by atoms with E-state index >= 15 is 8.78 Å². The van der Waals surface area contributed by atoms with Crippen molar-refractivity contribution in [3.63, 3.8) is 0 Å². The molecule has 10 nitrogen and oxygen atoms in total. The molecule has 234 valence electrons. The average molecular weight is 625 g/mol. The highest BCUT2D eigenvalue weighted by molar-refractivity contribution is 5.92. The third kappa shape index (κ3) is 5.34. The Hall–Kier alpha value is -5.23. The number of aromatic carboxylic acids is 1. The molecule has 0 radical (unpaired) electrons. The Kier molecular flexibility index (Phi) is 7.23. The molecule has 1 unspecified atom stereocenters. The number of aromatic nitrogens is 6. The Bertz CT molecular complexity index is 2140. The van der Waals surface area contributed by atoms with Crippen LogP contribution in [0.1, 0.15) is 47.2 Å². The van der Waals surface area contributed by atoms with E-state index in [1.807, 2.05) is 29.8 Å². The quantitative estimate of drug-likeness (QED) is 0.215. The van der Waals surface area contributed by atoms with Gasteiger partial charge < -0.3 is 19.1 Å². The molecule has 1 aliphatic rings. The lowest BCUT2D eigenvalue weighted by Crippen LogP contribution is -2.27. The number of pyridine rings is 1. The van der Waals surface area contributed by atoms with Crippen LogP contribution < -0.4 is 4.74 Å². The molecule has 1 N–H and O–H groups in total. The second-order valence-corrected chi connectivity index (χ2v) is 12.2. The van der Waals surface area contributed by atoms with Gasteiger partial charge in [0.05, 0.1) is 47.1 Å². The molecule has 3 aromatic heterocycles.